The van der Waals surface area contributed by atoms with Crippen LogP contribution in [0.15, 0.2) is 35.1 Å². The van der Waals surface area contributed by atoms with Crippen molar-refractivity contribution in [3.8, 4) is 11.5 Å². The van der Waals surface area contributed by atoms with Crippen LogP contribution in [0.4, 0.5) is 0 Å². The first kappa shape index (κ1) is 11.5. The minimum absolute atomic E-state index is 0.371. The van der Waals surface area contributed by atoms with E-state index in [4.69, 9.17) is 9.15 Å². The Labute approximate surface area is 108 Å². The van der Waals surface area contributed by atoms with Gasteiger partial charge in [0, 0.05) is 6.20 Å². The quantitative estimate of drug-likeness (QED) is 0.657. The van der Waals surface area contributed by atoms with Crippen LogP contribution in [-0.4, -0.2) is 27.7 Å². The van der Waals surface area contributed by atoms with Gasteiger partial charge in [-0.3, -0.25) is 0 Å². The molecule has 0 aliphatic heterocycles. The molecule has 0 saturated heterocycles. The Kier molecular flexibility index (Phi) is 2.56. The number of esters is 1. The predicted octanol–water partition coefficient (Wildman–Crippen LogP) is 2.08. The Bertz CT molecular complexity index is 744. The Morgan fingerprint density at radius 3 is 2.95 bits per heavy atom. The number of ether oxygens (including phenoxy) is 1. The molecule has 3 rings (SSSR count). The second-order valence-corrected chi connectivity index (χ2v) is 3.99. The van der Waals surface area contributed by atoms with Gasteiger partial charge in [0.1, 0.15) is 11.3 Å². The normalized spacial score (nSPS) is 10.8. The Morgan fingerprint density at radius 1 is 1.42 bits per heavy atom. The van der Waals surface area contributed by atoms with Gasteiger partial charge in [-0.25, -0.2) is 14.3 Å². The van der Waals surface area contributed by atoms with Gasteiger partial charge in [0.15, 0.2) is 11.4 Å². The molecule has 6 nitrogen and oxygen atoms in total. The summed E-state index contributed by atoms with van der Waals surface area (Å²) in [6.45, 7) is 1.74. The zero-order valence-electron chi connectivity index (χ0n) is 10.5. The lowest BCUT2D eigenvalue weighted by molar-refractivity contribution is 0.0602. The largest absolute Gasteiger partial charge is 0.465 e. The molecule has 0 aromatic carbocycles. The summed E-state index contributed by atoms with van der Waals surface area (Å²) >= 11 is 0. The summed E-state index contributed by atoms with van der Waals surface area (Å²) in [4.78, 5) is 16.0. The number of aryl methyl sites for hydroxylation is 1. The average molecular weight is 257 g/mol. The van der Waals surface area contributed by atoms with Crippen molar-refractivity contribution >= 4 is 11.6 Å². The predicted molar refractivity (Wildman–Crippen MR) is 66.8 cm³/mol. The SMILES string of the molecule is COC(=O)c1c(C)nn2c(-c3ccco3)ccnc12. The smallest absolute Gasteiger partial charge is 0.343 e. The van der Waals surface area contributed by atoms with Crippen molar-refractivity contribution in [1.82, 2.24) is 14.6 Å². The van der Waals surface area contributed by atoms with E-state index in [0.717, 1.165) is 5.69 Å². The van der Waals surface area contributed by atoms with Crippen molar-refractivity contribution in [2.75, 3.05) is 7.11 Å². The van der Waals surface area contributed by atoms with E-state index in [1.165, 1.54) is 7.11 Å². The van der Waals surface area contributed by atoms with Crippen LogP contribution in [0, 0.1) is 6.92 Å². The molecule has 0 bridgehead atoms. The first-order chi connectivity index (χ1) is 9.22. The molecule has 3 aromatic rings. The Morgan fingerprint density at radius 2 is 2.26 bits per heavy atom. The lowest BCUT2D eigenvalue weighted by atomic mass is 10.2. The number of furan rings is 1. The lowest BCUT2D eigenvalue weighted by Gasteiger charge is -2.01. The molecule has 0 amide bonds. The van der Waals surface area contributed by atoms with Crippen molar-refractivity contribution < 1.29 is 13.9 Å². The molecule has 96 valence electrons. The third kappa shape index (κ3) is 1.69. The molecule has 0 atom stereocenters. The molecule has 0 radical (unpaired) electrons. The van der Waals surface area contributed by atoms with Crippen LogP contribution in [0.3, 0.4) is 0 Å². The number of carbonyl (C=O) groups excluding carboxylic acids is 1. The van der Waals surface area contributed by atoms with Gasteiger partial charge in [0.25, 0.3) is 0 Å². The topological polar surface area (TPSA) is 69.6 Å². The highest BCUT2D eigenvalue weighted by atomic mass is 16.5. The summed E-state index contributed by atoms with van der Waals surface area (Å²) in [5.41, 5.74) is 2.13. The van der Waals surface area contributed by atoms with Crippen LogP contribution >= 0.6 is 0 Å². The molecule has 3 aromatic heterocycles. The summed E-state index contributed by atoms with van der Waals surface area (Å²) in [6.07, 6.45) is 3.19. The molecule has 0 spiro atoms. The maximum absolute atomic E-state index is 11.8. The zero-order chi connectivity index (χ0) is 13.4. The number of aromatic nitrogens is 3. The van der Waals surface area contributed by atoms with E-state index in [-0.39, 0.29) is 0 Å². The number of fused-ring (bicyclic) bond motifs is 1. The van der Waals surface area contributed by atoms with Crippen molar-refractivity contribution in [1.29, 1.82) is 0 Å². The molecule has 0 aliphatic rings. The fourth-order valence-electron chi connectivity index (χ4n) is 2.00. The van der Waals surface area contributed by atoms with Gasteiger partial charge >= 0.3 is 5.97 Å². The number of methoxy groups -OCH3 is 1. The van der Waals surface area contributed by atoms with E-state index < -0.39 is 5.97 Å². The highest BCUT2D eigenvalue weighted by Gasteiger charge is 2.21. The van der Waals surface area contributed by atoms with Gasteiger partial charge in [0.05, 0.1) is 19.1 Å². The molecule has 19 heavy (non-hydrogen) atoms. The molecule has 0 N–H and O–H groups in total. The van der Waals surface area contributed by atoms with Crippen LogP contribution < -0.4 is 0 Å². The Balaban J connectivity index is 2.31. The second-order valence-electron chi connectivity index (χ2n) is 3.99. The van der Waals surface area contributed by atoms with Crippen molar-refractivity contribution in [3.05, 3.63) is 41.9 Å². The average Bonchev–Trinajstić information content (AvgIpc) is 3.03. The Hall–Kier alpha value is -2.63. The van der Waals surface area contributed by atoms with Crippen molar-refractivity contribution in [3.63, 3.8) is 0 Å². The van der Waals surface area contributed by atoms with Crippen molar-refractivity contribution in [2.24, 2.45) is 0 Å². The molecule has 0 aliphatic carbocycles. The van der Waals surface area contributed by atoms with Crippen LogP contribution in [-0.2, 0) is 4.74 Å². The van der Waals surface area contributed by atoms with Gasteiger partial charge in [0.2, 0.25) is 0 Å². The molecular weight excluding hydrogens is 246 g/mol. The minimum Gasteiger partial charge on any atom is -0.465 e. The van der Waals surface area contributed by atoms with Gasteiger partial charge in [-0.2, -0.15) is 5.10 Å². The molecule has 3 heterocycles. The van der Waals surface area contributed by atoms with E-state index in [1.54, 1.807) is 36.0 Å². The summed E-state index contributed by atoms with van der Waals surface area (Å²) in [5.74, 6) is 0.211. The fraction of sp³-hybridized carbons (Fsp3) is 0.154. The van der Waals surface area contributed by atoms with E-state index in [0.29, 0.717) is 22.7 Å². The third-order valence-electron chi connectivity index (χ3n) is 2.86. The monoisotopic (exact) mass is 257 g/mol. The molecule has 6 heteroatoms. The summed E-state index contributed by atoms with van der Waals surface area (Å²) < 4.78 is 11.7. The van der Waals surface area contributed by atoms with Gasteiger partial charge < -0.3 is 9.15 Å². The fourth-order valence-corrected chi connectivity index (χ4v) is 2.00. The number of carbonyl (C=O) groups is 1. The highest BCUT2D eigenvalue weighted by molar-refractivity contribution is 5.97. The number of hydrogen-bond acceptors (Lipinski definition) is 5. The van der Waals surface area contributed by atoms with Crippen LogP contribution in [0.2, 0.25) is 0 Å². The first-order valence-corrected chi connectivity index (χ1v) is 5.69. The minimum atomic E-state index is -0.448. The molecule has 0 fully saturated rings. The summed E-state index contributed by atoms with van der Waals surface area (Å²) in [7, 11) is 1.33. The third-order valence-corrected chi connectivity index (χ3v) is 2.86. The summed E-state index contributed by atoms with van der Waals surface area (Å²) in [6, 6.07) is 5.39. The van der Waals surface area contributed by atoms with Gasteiger partial charge in [-0.05, 0) is 25.1 Å². The molecular formula is C13H11N3O3. The van der Waals surface area contributed by atoms with Crippen LogP contribution in [0.1, 0.15) is 16.1 Å². The van der Waals surface area contributed by atoms with Crippen molar-refractivity contribution in [2.45, 2.75) is 6.92 Å². The van der Waals surface area contributed by atoms with E-state index in [9.17, 15) is 4.79 Å². The number of hydrogen-bond donors (Lipinski definition) is 0. The van der Waals surface area contributed by atoms with Gasteiger partial charge in [-0.1, -0.05) is 0 Å². The van der Waals surface area contributed by atoms with Crippen LogP contribution in [0.5, 0.6) is 0 Å². The maximum atomic E-state index is 11.8. The lowest BCUT2D eigenvalue weighted by Crippen LogP contribution is -2.03. The number of nitrogens with zero attached hydrogens (tertiary/aromatic N) is 3. The second kappa shape index (κ2) is 4.24. The standard InChI is InChI=1S/C13H11N3O3/c1-8-11(13(17)18-2)12-14-6-5-9(16(12)15-8)10-4-3-7-19-10/h3-7H,1-2H3. The molecule has 0 unspecified atom stereocenters. The van der Waals surface area contributed by atoms with Crippen LogP contribution in [0.25, 0.3) is 17.1 Å². The van der Waals surface area contributed by atoms with E-state index >= 15 is 0 Å². The number of rotatable bonds is 2. The first-order valence-electron chi connectivity index (χ1n) is 5.69. The maximum Gasteiger partial charge on any atom is 0.343 e. The van der Waals surface area contributed by atoms with E-state index in [2.05, 4.69) is 10.1 Å². The van der Waals surface area contributed by atoms with Gasteiger partial charge in [-0.15, -0.1) is 0 Å². The zero-order valence-corrected chi connectivity index (χ0v) is 10.5. The highest BCUT2D eigenvalue weighted by Crippen LogP contribution is 2.23. The van der Waals surface area contributed by atoms with E-state index in [1.807, 2.05) is 6.07 Å². The molecule has 0 saturated carbocycles. The summed E-state index contributed by atoms with van der Waals surface area (Å²) in [5, 5.41) is 4.33.